The van der Waals surface area contributed by atoms with Gasteiger partial charge in [-0.05, 0) is 30.0 Å². The summed E-state index contributed by atoms with van der Waals surface area (Å²) in [5, 5.41) is 5.05. The van der Waals surface area contributed by atoms with E-state index in [0.29, 0.717) is 34.4 Å². The molecule has 0 spiro atoms. The molecule has 1 aliphatic rings. The van der Waals surface area contributed by atoms with Gasteiger partial charge in [0.15, 0.2) is 0 Å². The van der Waals surface area contributed by atoms with E-state index >= 15 is 0 Å². The van der Waals surface area contributed by atoms with Gasteiger partial charge >= 0.3 is 0 Å². The molecule has 2 aromatic carbocycles. The Morgan fingerprint density at radius 1 is 1.14 bits per heavy atom. The number of hydrogen-bond donors (Lipinski definition) is 1. The Balaban J connectivity index is 1.33. The van der Waals surface area contributed by atoms with Crippen LogP contribution in [0.5, 0.6) is 0 Å². The third-order valence-corrected chi connectivity index (χ3v) is 5.92. The lowest BCUT2D eigenvalue weighted by molar-refractivity contribution is -0.122. The van der Waals surface area contributed by atoms with Gasteiger partial charge < -0.3 is 9.73 Å². The molecule has 5 nitrogen and oxygen atoms in total. The van der Waals surface area contributed by atoms with Crippen molar-refractivity contribution < 1.29 is 14.0 Å². The molecule has 2 amide bonds. The molecule has 0 aliphatic carbocycles. The highest BCUT2D eigenvalue weighted by Gasteiger charge is 2.31. The van der Waals surface area contributed by atoms with E-state index in [1.807, 2.05) is 42.5 Å². The van der Waals surface area contributed by atoms with Crippen LogP contribution >= 0.6 is 24.0 Å². The van der Waals surface area contributed by atoms with Crippen molar-refractivity contribution >= 4 is 62.7 Å². The quantitative estimate of drug-likeness (QED) is 0.445. The van der Waals surface area contributed by atoms with Gasteiger partial charge in [-0.15, -0.1) is 0 Å². The second kappa shape index (κ2) is 8.63. The highest BCUT2D eigenvalue weighted by molar-refractivity contribution is 8.26. The molecular weight excluding hydrogens is 404 g/mol. The number of thiocarbonyl (C=S) groups is 1. The standard InChI is InChI=1S/C22H18N2O3S2/c25-20(23-18-10-3-7-15-6-1-2-9-17(15)18)11-4-12-24-21(26)19(29-22(24)28)14-16-8-5-13-27-16/h1-3,5-10,13-14H,4,11-12H2,(H,23,25)/b19-14-. The van der Waals surface area contributed by atoms with E-state index in [-0.39, 0.29) is 11.8 Å². The lowest BCUT2D eigenvalue weighted by Crippen LogP contribution is -2.29. The molecule has 29 heavy (non-hydrogen) atoms. The van der Waals surface area contributed by atoms with Crippen LogP contribution in [0.1, 0.15) is 18.6 Å². The number of thioether (sulfide) groups is 1. The molecule has 0 unspecified atom stereocenters. The maximum Gasteiger partial charge on any atom is 0.266 e. The number of furan rings is 1. The molecule has 146 valence electrons. The van der Waals surface area contributed by atoms with Crippen LogP contribution in [0.25, 0.3) is 16.8 Å². The van der Waals surface area contributed by atoms with Crippen molar-refractivity contribution in [2.45, 2.75) is 12.8 Å². The lowest BCUT2D eigenvalue weighted by Gasteiger charge is -2.14. The molecule has 7 heteroatoms. The Kier molecular flexibility index (Phi) is 5.78. The molecule has 0 bridgehead atoms. The number of carbonyl (C=O) groups excluding carboxylic acids is 2. The van der Waals surface area contributed by atoms with Gasteiger partial charge in [0, 0.05) is 30.1 Å². The molecule has 2 heterocycles. The average molecular weight is 423 g/mol. The van der Waals surface area contributed by atoms with E-state index in [9.17, 15) is 9.59 Å². The van der Waals surface area contributed by atoms with Crippen LogP contribution in [0, 0.1) is 0 Å². The third kappa shape index (κ3) is 4.41. The first-order chi connectivity index (χ1) is 14.1. The fourth-order valence-corrected chi connectivity index (χ4v) is 4.43. The zero-order valence-corrected chi connectivity index (χ0v) is 17.1. The van der Waals surface area contributed by atoms with E-state index in [1.165, 1.54) is 11.8 Å². The highest BCUT2D eigenvalue weighted by Crippen LogP contribution is 2.32. The van der Waals surface area contributed by atoms with Crippen LogP contribution in [-0.4, -0.2) is 27.6 Å². The molecule has 1 aliphatic heterocycles. The van der Waals surface area contributed by atoms with Crippen LogP contribution in [0.3, 0.4) is 0 Å². The first kappa shape index (κ1) is 19.4. The van der Waals surface area contributed by atoms with Gasteiger partial charge in [-0.3, -0.25) is 14.5 Å². The van der Waals surface area contributed by atoms with E-state index in [2.05, 4.69) is 5.32 Å². The van der Waals surface area contributed by atoms with Crippen LogP contribution in [-0.2, 0) is 9.59 Å². The number of carbonyl (C=O) groups is 2. The van der Waals surface area contributed by atoms with Crippen LogP contribution in [0.2, 0.25) is 0 Å². The Hall–Kier alpha value is -2.90. The molecule has 1 saturated heterocycles. The monoisotopic (exact) mass is 422 g/mol. The average Bonchev–Trinajstić information content (AvgIpc) is 3.32. The topological polar surface area (TPSA) is 62.6 Å². The maximum absolute atomic E-state index is 12.6. The number of nitrogens with zero attached hydrogens (tertiary/aromatic N) is 1. The number of rotatable bonds is 6. The second-order valence-electron chi connectivity index (χ2n) is 6.53. The fourth-order valence-electron chi connectivity index (χ4n) is 3.14. The Labute approximate surface area is 177 Å². The zero-order valence-electron chi connectivity index (χ0n) is 15.5. The molecule has 1 fully saturated rings. The Morgan fingerprint density at radius 2 is 1.97 bits per heavy atom. The molecule has 4 rings (SSSR count). The smallest absolute Gasteiger partial charge is 0.266 e. The predicted octanol–water partition coefficient (Wildman–Crippen LogP) is 5.05. The van der Waals surface area contributed by atoms with Crippen LogP contribution in [0.4, 0.5) is 5.69 Å². The molecule has 0 atom stereocenters. The fraction of sp³-hybridized carbons (Fsp3) is 0.136. The summed E-state index contributed by atoms with van der Waals surface area (Å²) in [5.41, 5.74) is 0.792. The van der Waals surface area contributed by atoms with Crippen molar-refractivity contribution in [3.05, 3.63) is 71.5 Å². The van der Waals surface area contributed by atoms with Gasteiger partial charge in [0.1, 0.15) is 10.1 Å². The number of hydrogen-bond acceptors (Lipinski definition) is 5. The first-order valence-corrected chi connectivity index (χ1v) is 10.4. The third-order valence-electron chi connectivity index (χ3n) is 4.54. The van der Waals surface area contributed by atoms with E-state index in [0.717, 1.165) is 16.5 Å². The first-order valence-electron chi connectivity index (χ1n) is 9.18. The minimum atomic E-state index is -0.147. The molecule has 3 aromatic rings. The summed E-state index contributed by atoms with van der Waals surface area (Å²) in [6.45, 7) is 0.406. The predicted molar refractivity (Wildman–Crippen MR) is 120 cm³/mol. The summed E-state index contributed by atoms with van der Waals surface area (Å²) in [4.78, 5) is 27.0. The van der Waals surface area contributed by atoms with E-state index in [1.54, 1.807) is 29.4 Å². The largest absolute Gasteiger partial charge is 0.465 e. The second-order valence-corrected chi connectivity index (χ2v) is 8.20. The van der Waals surface area contributed by atoms with Crippen LogP contribution in [0.15, 0.2) is 70.2 Å². The van der Waals surface area contributed by atoms with E-state index in [4.69, 9.17) is 16.6 Å². The van der Waals surface area contributed by atoms with Crippen molar-refractivity contribution in [2.75, 3.05) is 11.9 Å². The summed E-state index contributed by atoms with van der Waals surface area (Å²) >= 11 is 6.57. The van der Waals surface area contributed by atoms with Gasteiger partial charge in [-0.2, -0.15) is 0 Å². The zero-order chi connectivity index (χ0) is 20.2. The lowest BCUT2D eigenvalue weighted by atomic mass is 10.1. The highest BCUT2D eigenvalue weighted by atomic mass is 32.2. The van der Waals surface area contributed by atoms with E-state index < -0.39 is 0 Å². The molecule has 0 radical (unpaired) electrons. The van der Waals surface area contributed by atoms with Crippen molar-refractivity contribution in [3.63, 3.8) is 0 Å². The molecular formula is C22H18N2O3S2. The van der Waals surface area contributed by atoms with Gasteiger partial charge in [-0.1, -0.05) is 60.4 Å². The SMILES string of the molecule is O=C(CCCN1C(=O)/C(=C/c2ccco2)SC1=S)Nc1cccc2ccccc12. The summed E-state index contributed by atoms with van der Waals surface area (Å²) in [6, 6.07) is 17.3. The Bertz CT molecular complexity index is 1100. The van der Waals surface area contributed by atoms with Gasteiger partial charge in [0.05, 0.1) is 11.2 Å². The maximum atomic E-state index is 12.6. The summed E-state index contributed by atoms with van der Waals surface area (Å²) < 4.78 is 5.76. The van der Waals surface area contributed by atoms with Crippen molar-refractivity contribution in [3.8, 4) is 0 Å². The summed E-state index contributed by atoms with van der Waals surface area (Å²) in [7, 11) is 0. The number of nitrogens with one attached hydrogen (secondary N) is 1. The minimum Gasteiger partial charge on any atom is -0.465 e. The molecule has 1 aromatic heterocycles. The minimum absolute atomic E-state index is 0.0853. The van der Waals surface area contributed by atoms with Gasteiger partial charge in [-0.25, -0.2) is 0 Å². The molecule has 0 saturated carbocycles. The van der Waals surface area contributed by atoms with Crippen LogP contribution < -0.4 is 5.32 Å². The van der Waals surface area contributed by atoms with Crippen molar-refractivity contribution in [1.29, 1.82) is 0 Å². The summed E-state index contributed by atoms with van der Waals surface area (Å²) in [5.74, 6) is 0.378. The molecule has 1 N–H and O–H groups in total. The number of anilines is 1. The van der Waals surface area contributed by atoms with Gasteiger partial charge in [0.2, 0.25) is 5.91 Å². The number of benzene rings is 2. The Morgan fingerprint density at radius 3 is 2.79 bits per heavy atom. The van der Waals surface area contributed by atoms with Gasteiger partial charge in [0.25, 0.3) is 5.91 Å². The number of amides is 2. The normalized spacial score (nSPS) is 15.4. The summed E-state index contributed by atoms with van der Waals surface area (Å²) in [6.07, 6.45) is 4.07. The van der Waals surface area contributed by atoms with Crippen molar-refractivity contribution in [2.24, 2.45) is 0 Å². The van der Waals surface area contributed by atoms with Crippen molar-refractivity contribution in [1.82, 2.24) is 4.90 Å². The number of fused-ring (bicyclic) bond motifs is 1.